The number of alkyl carbamates (subject to hydrolysis) is 2. The van der Waals surface area contributed by atoms with Crippen molar-refractivity contribution < 1.29 is 61.9 Å². The molecule has 1 aliphatic heterocycles. The Morgan fingerprint density at radius 3 is 1.93 bits per heavy atom. The van der Waals surface area contributed by atoms with Crippen LogP contribution in [0.2, 0.25) is 18.1 Å². The second kappa shape index (κ2) is 33.4. The molecule has 1 heterocycles. The van der Waals surface area contributed by atoms with Gasteiger partial charge in [0.05, 0.1) is 38.9 Å². The number of halogens is 6. The maximum Gasteiger partial charge on any atom is 0.407 e. The molecule has 0 radical (unpaired) electrons. The highest BCUT2D eigenvalue weighted by atomic mass is 35.6. The van der Waals surface area contributed by atoms with E-state index in [2.05, 4.69) is 17.6 Å². The van der Waals surface area contributed by atoms with Crippen molar-refractivity contribution in [2.24, 2.45) is 0 Å². The molecule has 15 nitrogen and oxygen atoms in total. The van der Waals surface area contributed by atoms with Crippen LogP contribution in [0.5, 0.6) is 0 Å². The van der Waals surface area contributed by atoms with Crippen molar-refractivity contribution in [2.45, 2.75) is 206 Å². The highest BCUT2D eigenvalue weighted by Gasteiger charge is 2.51. The van der Waals surface area contributed by atoms with Crippen molar-refractivity contribution in [1.29, 1.82) is 0 Å². The largest absolute Gasteiger partial charge is 0.462 e. The number of hydrogen-bond donors (Lipinski definition) is 3. The van der Waals surface area contributed by atoms with Gasteiger partial charge in [0.2, 0.25) is 7.59 Å². The lowest BCUT2D eigenvalue weighted by molar-refractivity contribution is -0.274. The molecule has 0 spiro atoms. The molecule has 1 aromatic carbocycles. The molecule has 1 unspecified atom stereocenters. The molecule has 1 saturated heterocycles. The molecule has 1 aliphatic rings. The topological polar surface area (TPSA) is 186 Å². The zero-order chi connectivity index (χ0) is 52.4. The third-order valence-corrected chi connectivity index (χ3v) is 17.1. The molecule has 70 heavy (non-hydrogen) atoms. The average Bonchev–Trinajstić information content (AvgIpc) is 3.27. The van der Waals surface area contributed by atoms with Crippen molar-refractivity contribution in [3.05, 3.63) is 35.9 Å². The number of benzene rings is 1. The van der Waals surface area contributed by atoms with E-state index in [1.807, 2.05) is 71.1 Å². The summed E-state index contributed by atoms with van der Waals surface area (Å²) in [6.45, 7) is 12.6. The lowest BCUT2D eigenvalue weighted by atomic mass is 9.96. The van der Waals surface area contributed by atoms with Crippen LogP contribution >= 0.6 is 69.6 Å². The summed E-state index contributed by atoms with van der Waals surface area (Å²) in [7, 11) is -2.49. The smallest absolute Gasteiger partial charge is 0.407 e. The van der Waals surface area contributed by atoms with Crippen molar-refractivity contribution in [1.82, 2.24) is 10.6 Å². The van der Waals surface area contributed by atoms with E-state index in [9.17, 15) is 24.3 Å². The summed E-state index contributed by atoms with van der Waals surface area (Å²) < 4.78 is 43.5. The first-order valence-corrected chi connectivity index (χ1v) is 29.6. The fourth-order valence-corrected chi connectivity index (χ4v) is 8.29. The number of aliphatic hydroxyl groups is 1. The quantitative estimate of drug-likeness (QED) is 0.0204. The predicted molar refractivity (Wildman–Crippen MR) is 277 cm³/mol. The number of esters is 2. The minimum atomic E-state index is -2.49. The number of nitrogens with one attached hydrogen (secondary N) is 2. The van der Waals surface area contributed by atoms with Gasteiger partial charge in [0.15, 0.2) is 20.7 Å². The van der Waals surface area contributed by atoms with E-state index in [0.717, 1.165) is 44.1 Å². The molecule has 2 rings (SSSR count). The minimum Gasteiger partial charge on any atom is -0.462 e. The number of ether oxygens (including phenoxy) is 7. The van der Waals surface area contributed by atoms with Crippen LogP contribution in [0.15, 0.2) is 30.3 Å². The Bertz CT molecular complexity index is 1660. The summed E-state index contributed by atoms with van der Waals surface area (Å²) in [6, 6.07) is 6.81. The first-order chi connectivity index (χ1) is 32.8. The van der Waals surface area contributed by atoms with E-state index in [1.54, 1.807) is 0 Å². The van der Waals surface area contributed by atoms with E-state index in [4.69, 9.17) is 107 Å². The summed E-state index contributed by atoms with van der Waals surface area (Å²) in [5, 5.41) is 17.0. The highest BCUT2D eigenvalue weighted by molar-refractivity contribution is 6.74. The van der Waals surface area contributed by atoms with Gasteiger partial charge in [0.1, 0.15) is 37.6 Å². The Balaban J connectivity index is 2.51. The minimum absolute atomic E-state index is 0.135. The molecule has 0 bridgehead atoms. The third kappa shape index (κ3) is 28.2. The van der Waals surface area contributed by atoms with Crippen molar-refractivity contribution >= 4 is 102 Å². The molecule has 22 heteroatoms. The van der Waals surface area contributed by atoms with Crippen molar-refractivity contribution in [3.8, 4) is 0 Å². The van der Waals surface area contributed by atoms with Crippen LogP contribution in [0, 0.1) is 0 Å². The Morgan fingerprint density at radius 2 is 1.34 bits per heavy atom. The summed E-state index contributed by atoms with van der Waals surface area (Å²) >= 11 is 35.1. The Kier molecular flexibility index (Phi) is 30.8. The number of aliphatic hydroxyl groups excluding tert-OH is 1. The summed E-state index contributed by atoms with van der Waals surface area (Å²) in [5.41, 5.74) is 0.846. The molecule has 1 aromatic rings. The first-order valence-electron chi connectivity index (χ1n) is 24.4. The molecule has 0 saturated carbocycles. The summed E-state index contributed by atoms with van der Waals surface area (Å²) in [6.07, 6.45) is 3.49. The number of unbranched alkanes of at least 4 members (excludes halogenated alkanes) is 10. The van der Waals surface area contributed by atoms with Gasteiger partial charge in [0.25, 0.3) is 0 Å². The Morgan fingerprint density at radius 1 is 0.771 bits per heavy atom. The summed E-state index contributed by atoms with van der Waals surface area (Å²) in [5.74, 6) is -1.25. The second-order valence-electron chi connectivity index (χ2n) is 19.2. The van der Waals surface area contributed by atoms with Crippen molar-refractivity contribution in [2.75, 3.05) is 33.0 Å². The van der Waals surface area contributed by atoms with Crippen LogP contribution in [0.1, 0.15) is 136 Å². The SMILES string of the molecule is CCCCCCCCCCC[C@H](CC(=O)O[C@H]1[C@H](O)[C@@H](CO[Si](C)(C)C(C)(C)C)OC(OC[C@@H](COCc2ccccc2)NC(=O)OCC(Cl)(Cl)Cl)[C@@H]1NC(=O)OCC(Cl)(Cl)Cl)OC(=O)CCCCC. The number of carbonyl (C=O) groups is 4. The Hall–Kier alpha value is -1.54. The van der Waals surface area contributed by atoms with Crippen LogP contribution in [0.25, 0.3) is 0 Å². The van der Waals surface area contributed by atoms with E-state index in [1.165, 1.54) is 25.7 Å². The number of hydrogen-bond acceptors (Lipinski definition) is 13. The van der Waals surface area contributed by atoms with E-state index < -0.39 is 96.0 Å². The molecule has 0 aromatic heterocycles. The van der Waals surface area contributed by atoms with Crippen LogP contribution in [0.4, 0.5) is 9.59 Å². The van der Waals surface area contributed by atoms with Gasteiger partial charge in [-0.15, -0.1) is 0 Å². The zero-order valence-electron chi connectivity index (χ0n) is 41.9. The molecular formula is C48H78Cl6N2O13Si. The number of alkyl halides is 6. The molecular weight excluding hydrogens is 1050 g/mol. The maximum atomic E-state index is 14.1. The standard InChI is InChI=1S/C48H78Cl6N2O13Si/c1-8-10-12-13-14-15-16-17-22-25-36(67-38(57)26-19-11-9-2)27-39(58)69-42-40(56-45(61)65-33-48(52,53)54)43(68-37(41(42)59)31-66-70(6,7)46(3,4)5)63-30-35(55-44(60)64-32-47(49,50)51)29-62-28-34-23-20-18-21-24-34/h18,20-21,23-24,35-37,40-43,59H,8-17,19,22,25-33H2,1-7H3,(H,55,60)(H,56,61)/t35-,36-,37-,40-,41-,42-,43?/m1/s1. The lowest BCUT2D eigenvalue weighted by Crippen LogP contribution is -2.66. The van der Waals surface area contributed by atoms with Gasteiger partial charge in [0, 0.05) is 6.42 Å². The van der Waals surface area contributed by atoms with Crippen LogP contribution in [-0.4, -0.2) is 121 Å². The van der Waals surface area contributed by atoms with Crippen molar-refractivity contribution in [3.63, 3.8) is 0 Å². The molecule has 0 aliphatic carbocycles. The van der Waals surface area contributed by atoms with Gasteiger partial charge in [-0.2, -0.15) is 0 Å². The maximum absolute atomic E-state index is 14.1. The molecule has 3 N–H and O–H groups in total. The zero-order valence-corrected chi connectivity index (χ0v) is 47.4. The van der Waals surface area contributed by atoms with Crippen LogP contribution < -0.4 is 10.6 Å². The first kappa shape index (κ1) is 64.6. The van der Waals surface area contributed by atoms with Gasteiger partial charge in [-0.05, 0) is 43.0 Å². The van der Waals surface area contributed by atoms with Gasteiger partial charge in [-0.3, -0.25) is 9.59 Å². The van der Waals surface area contributed by atoms with Gasteiger partial charge >= 0.3 is 24.1 Å². The van der Waals surface area contributed by atoms with Gasteiger partial charge in [-0.25, -0.2) is 9.59 Å². The fourth-order valence-electron chi connectivity index (χ4n) is 6.95. The third-order valence-electron chi connectivity index (χ3n) is 11.9. The summed E-state index contributed by atoms with van der Waals surface area (Å²) in [4.78, 5) is 53.6. The van der Waals surface area contributed by atoms with Crippen LogP contribution in [-0.2, 0) is 53.8 Å². The number of amides is 2. The monoisotopic (exact) mass is 1130 g/mol. The van der Waals surface area contributed by atoms with Gasteiger partial charge < -0.3 is 53.3 Å². The van der Waals surface area contributed by atoms with Crippen LogP contribution in [0.3, 0.4) is 0 Å². The average molecular weight is 1130 g/mol. The molecule has 7 atom stereocenters. The molecule has 1 fully saturated rings. The predicted octanol–water partition coefficient (Wildman–Crippen LogP) is 12.0. The van der Waals surface area contributed by atoms with Gasteiger partial charge in [-0.1, -0.05) is 199 Å². The fraction of sp³-hybridized carbons (Fsp3) is 0.792. The van der Waals surface area contributed by atoms with E-state index >= 15 is 0 Å². The highest BCUT2D eigenvalue weighted by Crippen LogP contribution is 2.37. The number of rotatable bonds is 32. The normalized spacial score (nSPS) is 19.7. The van der Waals surface area contributed by atoms with E-state index in [-0.39, 0.29) is 44.3 Å². The second-order valence-corrected chi connectivity index (χ2v) is 29.0. The molecule has 2 amide bonds. The molecule has 404 valence electrons. The van der Waals surface area contributed by atoms with E-state index in [0.29, 0.717) is 19.3 Å². The number of carbonyl (C=O) groups excluding carboxylic acids is 4. The Labute approximate surface area is 447 Å². The lowest BCUT2D eigenvalue weighted by Gasteiger charge is -2.45.